The Balaban J connectivity index is 1.78. The minimum atomic E-state index is -3.71. The summed E-state index contributed by atoms with van der Waals surface area (Å²) in [5.74, 6) is -0.0183. The highest BCUT2D eigenvalue weighted by Gasteiger charge is 2.20. The van der Waals surface area contributed by atoms with E-state index in [4.69, 9.17) is 0 Å². The molecule has 0 aliphatic heterocycles. The molecule has 0 bridgehead atoms. The first-order valence-corrected chi connectivity index (χ1v) is 11.3. The molecule has 2 N–H and O–H groups in total. The highest BCUT2D eigenvalue weighted by atomic mass is 32.2. The van der Waals surface area contributed by atoms with Gasteiger partial charge in [-0.3, -0.25) is 9.52 Å². The summed E-state index contributed by atoms with van der Waals surface area (Å²) in [6.07, 6.45) is 0. The smallest absolute Gasteiger partial charge is 0.261 e. The van der Waals surface area contributed by atoms with Crippen molar-refractivity contribution in [2.24, 2.45) is 5.92 Å². The van der Waals surface area contributed by atoms with Gasteiger partial charge in [0.2, 0.25) is 0 Å². The zero-order valence-corrected chi connectivity index (χ0v) is 17.3. The van der Waals surface area contributed by atoms with Gasteiger partial charge in [-0.1, -0.05) is 44.2 Å². The molecule has 2 aromatic carbocycles. The van der Waals surface area contributed by atoms with Crippen LogP contribution in [0.2, 0.25) is 0 Å². The first-order valence-electron chi connectivity index (χ1n) is 8.89. The third-order valence-corrected chi connectivity index (χ3v) is 6.59. The zero-order valence-electron chi connectivity index (χ0n) is 15.6. The molecule has 0 aliphatic rings. The van der Waals surface area contributed by atoms with Gasteiger partial charge in [-0.2, -0.15) is 0 Å². The fraction of sp³-hybridized carbons (Fsp3) is 0.190. The van der Waals surface area contributed by atoms with Crippen molar-refractivity contribution in [3.63, 3.8) is 0 Å². The molecule has 0 saturated heterocycles. The van der Waals surface area contributed by atoms with Crippen LogP contribution in [-0.2, 0) is 10.0 Å². The summed E-state index contributed by atoms with van der Waals surface area (Å²) in [7, 11) is -3.71. The van der Waals surface area contributed by atoms with Gasteiger partial charge >= 0.3 is 0 Å². The van der Waals surface area contributed by atoms with Gasteiger partial charge < -0.3 is 5.32 Å². The van der Waals surface area contributed by atoms with Crippen LogP contribution in [-0.4, -0.2) is 14.3 Å². The zero-order chi connectivity index (χ0) is 20.1. The van der Waals surface area contributed by atoms with E-state index in [1.165, 1.54) is 12.1 Å². The quantitative estimate of drug-likeness (QED) is 0.590. The van der Waals surface area contributed by atoms with Gasteiger partial charge in [0.25, 0.3) is 15.9 Å². The lowest BCUT2D eigenvalue weighted by Crippen LogP contribution is -2.31. The number of hydrogen-bond donors (Lipinski definition) is 2. The molecule has 28 heavy (non-hydrogen) atoms. The Morgan fingerprint density at radius 2 is 1.71 bits per heavy atom. The largest absolute Gasteiger partial charge is 0.344 e. The molecule has 1 aromatic heterocycles. The Kier molecular flexibility index (Phi) is 6.16. The molecule has 146 valence electrons. The van der Waals surface area contributed by atoms with Crippen LogP contribution in [0.25, 0.3) is 0 Å². The van der Waals surface area contributed by atoms with Crippen LogP contribution in [0.1, 0.15) is 35.1 Å². The lowest BCUT2D eigenvalue weighted by atomic mass is 10.0. The highest BCUT2D eigenvalue weighted by molar-refractivity contribution is 7.92. The van der Waals surface area contributed by atoms with Crippen LogP contribution in [0.3, 0.4) is 0 Å². The molecule has 1 atom stereocenters. The molecule has 0 radical (unpaired) electrons. The maximum Gasteiger partial charge on any atom is 0.261 e. The molecule has 0 spiro atoms. The van der Waals surface area contributed by atoms with E-state index in [2.05, 4.69) is 23.9 Å². The highest BCUT2D eigenvalue weighted by Crippen LogP contribution is 2.26. The van der Waals surface area contributed by atoms with Crippen molar-refractivity contribution in [2.45, 2.75) is 24.8 Å². The number of nitrogens with one attached hydrogen (secondary N) is 2. The van der Waals surface area contributed by atoms with E-state index in [-0.39, 0.29) is 22.8 Å². The van der Waals surface area contributed by atoms with E-state index in [1.807, 2.05) is 17.5 Å². The topological polar surface area (TPSA) is 75.3 Å². The number of carbonyl (C=O) groups excluding carboxylic acids is 1. The molecule has 1 amide bonds. The summed E-state index contributed by atoms with van der Waals surface area (Å²) in [5, 5.41) is 5.03. The molecule has 5 nitrogen and oxygen atoms in total. The van der Waals surface area contributed by atoms with Gasteiger partial charge in [0.15, 0.2) is 0 Å². The summed E-state index contributed by atoms with van der Waals surface area (Å²) in [4.78, 5) is 14.0. The number of hydrogen-bond acceptors (Lipinski definition) is 4. The van der Waals surface area contributed by atoms with Crippen molar-refractivity contribution in [1.29, 1.82) is 0 Å². The number of sulfonamides is 1. The van der Waals surface area contributed by atoms with Gasteiger partial charge in [-0.05, 0) is 47.7 Å². The second kappa shape index (κ2) is 8.58. The Bertz CT molecular complexity index is 1030. The molecule has 3 rings (SSSR count). The van der Waals surface area contributed by atoms with Crippen LogP contribution in [0.5, 0.6) is 0 Å². The van der Waals surface area contributed by atoms with E-state index in [1.54, 1.807) is 53.8 Å². The lowest BCUT2D eigenvalue weighted by Gasteiger charge is -2.21. The molecule has 3 aromatic rings. The van der Waals surface area contributed by atoms with Crippen molar-refractivity contribution >= 4 is 33.0 Å². The Labute approximate surface area is 169 Å². The normalized spacial score (nSPS) is 12.5. The van der Waals surface area contributed by atoms with Gasteiger partial charge in [0.1, 0.15) is 0 Å². The molecule has 1 heterocycles. The minimum Gasteiger partial charge on any atom is -0.344 e. The fourth-order valence-corrected chi connectivity index (χ4v) is 4.82. The van der Waals surface area contributed by atoms with Crippen molar-refractivity contribution in [2.75, 3.05) is 4.72 Å². The van der Waals surface area contributed by atoms with Crippen molar-refractivity contribution in [1.82, 2.24) is 5.32 Å². The van der Waals surface area contributed by atoms with E-state index < -0.39 is 10.0 Å². The predicted octanol–water partition coefficient (Wildman–Crippen LogP) is 4.68. The van der Waals surface area contributed by atoms with E-state index in [0.717, 1.165) is 4.88 Å². The Morgan fingerprint density at radius 1 is 0.964 bits per heavy atom. The first-order chi connectivity index (χ1) is 13.4. The minimum absolute atomic E-state index is 0.0998. The van der Waals surface area contributed by atoms with E-state index in [9.17, 15) is 13.2 Å². The number of anilines is 1. The fourth-order valence-electron chi connectivity index (χ4n) is 2.80. The molecular formula is C21H22N2O3S2. The average molecular weight is 415 g/mol. The van der Waals surface area contributed by atoms with Crippen molar-refractivity contribution in [3.8, 4) is 0 Å². The van der Waals surface area contributed by atoms with E-state index >= 15 is 0 Å². The SMILES string of the molecule is CC(C)[C@H](NC(=O)c1cccc(NS(=O)(=O)c2ccccc2)c1)c1cccs1. The van der Waals surface area contributed by atoms with Crippen LogP contribution in [0.4, 0.5) is 5.69 Å². The van der Waals surface area contributed by atoms with Gasteiger partial charge in [0, 0.05) is 16.1 Å². The molecule has 0 aliphatic carbocycles. The summed E-state index contributed by atoms with van der Waals surface area (Å²) < 4.78 is 27.5. The van der Waals surface area contributed by atoms with Crippen molar-refractivity contribution < 1.29 is 13.2 Å². The first kappa shape index (κ1) is 20.1. The molecule has 0 unspecified atom stereocenters. The summed E-state index contributed by atoms with van der Waals surface area (Å²) in [5.41, 5.74) is 0.740. The third-order valence-electron chi connectivity index (χ3n) is 4.23. The Morgan fingerprint density at radius 3 is 2.36 bits per heavy atom. The van der Waals surface area contributed by atoms with Crippen LogP contribution < -0.4 is 10.0 Å². The van der Waals surface area contributed by atoms with Gasteiger partial charge in [-0.25, -0.2) is 8.42 Å². The number of thiophene rings is 1. The number of benzene rings is 2. The molecule has 7 heteroatoms. The lowest BCUT2D eigenvalue weighted by molar-refractivity contribution is 0.0926. The second-order valence-electron chi connectivity index (χ2n) is 6.71. The maximum absolute atomic E-state index is 12.8. The maximum atomic E-state index is 12.8. The predicted molar refractivity (Wildman–Crippen MR) is 113 cm³/mol. The molecule has 0 fully saturated rings. The van der Waals surface area contributed by atoms with Crippen LogP contribution >= 0.6 is 11.3 Å². The summed E-state index contributed by atoms with van der Waals surface area (Å²) in [6.45, 7) is 4.10. The average Bonchev–Trinajstić information content (AvgIpc) is 3.20. The van der Waals surface area contributed by atoms with Crippen molar-refractivity contribution in [3.05, 3.63) is 82.6 Å². The Hall–Kier alpha value is -2.64. The van der Waals surface area contributed by atoms with Crippen LogP contribution in [0, 0.1) is 5.92 Å². The van der Waals surface area contributed by atoms with E-state index in [0.29, 0.717) is 11.3 Å². The van der Waals surface area contributed by atoms with Crippen LogP contribution in [0.15, 0.2) is 77.0 Å². The number of rotatable bonds is 7. The standard InChI is InChI=1S/C21H22N2O3S2/c1-15(2)20(19-12-7-13-27-19)22-21(24)16-8-6-9-17(14-16)23-28(25,26)18-10-4-3-5-11-18/h3-15,20,23H,1-2H3,(H,22,24)/t20-/m0/s1. The monoisotopic (exact) mass is 414 g/mol. The van der Waals surface area contributed by atoms with Gasteiger partial charge in [-0.15, -0.1) is 11.3 Å². The molecular weight excluding hydrogens is 392 g/mol. The number of amides is 1. The summed E-state index contributed by atoms with van der Waals surface area (Å²) in [6, 6.07) is 18.5. The van der Waals surface area contributed by atoms with Gasteiger partial charge in [0.05, 0.1) is 10.9 Å². The third kappa shape index (κ3) is 4.79. The molecule has 0 saturated carbocycles. The number of carbonyl (C=O) groups is 1. The second-order valence-corrected chi connectivity index (χ2v) is 9.37. The summed E-state index contributed by atoms with van der Waals surface area (Å²) >= 11 is 1.60.